The van der Waals surface area contributed by atoms with E-state index in [0.29, 0.717) is 26.3 Å². The summed E-state index contributed by atoms with van der Waals surface area (Å²) >= 11 is 0. The molecule has 19 heavy (non-hydrogen) atoms. The maximum absolute atomic E-state index is 12.3. The summed E-state index contributed by atoms with van der Waals surface area (Å²) in [4.78, 5) is 14.0. The van der Waals surface area contributed by atoms with Crippen LogP contribution in [0.4, 0.5) is 0 Å². The van der Waals surface area contributed by atoms with Gasteiger partial charge in [0.05, 0.1) is 13.2 Å². The van der Waals surface area contributed by atoms with Crippen molar-refractivity contribution in [3.8, 4) is 0 Å². The predicted octanol–water partition coefficient (Wildman–Crippen LogP) is 0.808. The van der Waals surface area contributed by atoms with Crippen LogP contribution in [0.5, 0.6) is 0 Å². The molecule has 0 saturated heterocycles. The molecule has 0 aliphatic carbocycles. The summed E-state index contributed by atoms with van der Waals surface area (Å²) < 4.78 is 10.0. The van der Waals surface area contributed by atoms with E-state index in [0.717, 1.165) is 5.56 Å². The molecule has 0 heterocycles. The topological polar surface area (TPSA) is 64.8 Å². The number of hydrogen-bond acceptors (Lipinski definition) is 4. The van der Waals surface area contributed by atoms with Gasteiger partial charge in [-0.2, -0.15) is 0 Å². The minimum absolute atomic E-state index is 0.111. The zero-order valence-electron chi connectivity index (χ0n) is 11.5. The lowest BCUT2D eigenvalue weighted by Crippen LogP contribution is -2.42. The van der Waals surface area contributed by atoms with E-state index in [2.05, 4.69) is 0 Å². The van der Waals surface area contributed by atoms with Crippen LogP contribution in [0, 0.1) is 0 Å². The third-order valence-corrected chi connectivity index (χ3v) is 2.87. The number of rotatable bonds is 8. The van der Waals surface area contributed by atoms with Crippen molar-refractivity contribution in [3.05, 3.63) is 35.9 Å². The van der Waals surface area contributed by atoms with E-state index in [4.69, 9.17) is 15.2 Å². The SMILES string of the molecule is COCCN(CCOC)C(=O)[C@@H](N)c1ccccc1. The van der Waals surface area contributed by atoms with Gasteiger partial charge in [0.1, 0.15) is 6.04 Å². The number of hydrogen-bond donors (Lipinski definition) is 1. The largest absolute Gasteiger partial charge is 0.383 e. The van der Waals surface area contributed by atoms with Gasteiger partial charge in [-0.15, -0.1) is 0 Å². The van der Waals surface area contributed by atoms with Gasteiger partial charge in [-0.05, 0) is 5.56 Å². The Morgan fingerprint density at radius 2 is 1.68 bits per heavy atom. The molecule has 1 atom stereocenters. The van der Waals surface area contributed by atoms with Gasteiger partial charge in [0.2, 0.25) is 5.91 Å². The highest BCUT2D eigenvalue weighted by atomic mass is 16.5. The van der Waals surface area contributed by atoms with Crippen LogP contribution in [0.1, 0.15) is 11.6 Å². The molecule has 1 amide bonds. The Bertz CT molecular complexity index is 362. The molecule has 5 heteroatoms. The van der Waals surface area contributed by atoms with Crippen LogP contribution in [-0.2, 0) is 14.3 Å². The third-order valence-electron chi connectivity index (χ3n) is 2.87. The maximum Gasteiger partial charge on any atom is 0.244 e. The summed E-state index contributed by atoms with van der Waals surface area (Å²) in [5.41, 5.74) is 6.82. The number of nitrogens with two attached hydrogens (primary N) is 1. The molecule has 1 aromatic carbocycles. The minimum atomic E-state index is -0.644. The fourth-order valence-corrected chi connectivity index (χ4v) is 1.73. The summed E-state index contributed by atoms with van der Waals surface area (Å²) in [5.74, 6) is -0.111. The van der Waals surface area contributed by atoms with E-state index in [1.54, 1.807) is 19.1 Å². The number of nitrogens with zero attached hydrogens (tertiary/aromatic N) is 1. The number of methoxy groups -OCH3 is 2. The normalized spacial score (nSPS) is 12.2. The smallest absolute Gasteiger partial charge is 0.244 e. The van der Waals surface area contributed by atoms with E-state index >= 15 is 0 Å². The molecule has 1 aromatic rings. The molecule has 1 rings (SSSR count). The van der Waals surface area contributed by atoms with Crippen molar-refractivity contribution in [1.29, 1.82) is 0 Å². The molecule has 0 aliphatic heterocycles. The first kappa shape index (κ1) is 15.6. The zero-order chi connectivity index (χ0) is 14.1. The Morgan fingerprint density at radius 3 is 2.16 bits per heavy atom. The van der Waals surface area contributed by atoms with E-state index in [9.17, 15) is 4.79 Å². The molecule has 0 bridgehead atoms. The first-order valence-electron chi connectivity index (χ1n) is 6.28. The van der Waals surface area contributed by atoms with Crippen molar-refractivity contribution in [2.45, 2.75) is 6.04 Å². The summed E-state index contributed by atoms with van der Waals surface area (Å²) in [6.07, 6.45) is 0. The molecule has 106 valence electrons. The van der Waals surface area contributed by atoms with Crippen molar-refractivity contribution in [3.63, 3.8) is 0 Å². The molecule has 0 fully saturated rings. The van der Waals surface area contributed by atoms with Crippen molar-refractivity contribution in [2.24, 2.45) is 5.73 Å². The molecule has 0 aliphatic rings. The van der Waals surface area contributed by atoms with Crippen LogP contribution in [0.2, 0.25) is 0 Å². The highest BCUT2D eigenvalue weighted by Crippen LogP contribution is 2.12. The third kappa shape index (κ3) is 4.98. The molecular formula is C14H22N2O3. The van der Waals surface area contributed by atoms with E-state index in [1.165, 1.54) is 0 Å². The fraction of sp³-hybridized carbons (Fsp3) is 0.500. The zero-order valence-corrected chi connectivity index (χ0v) is 11.5. The Morgan fingerprint density at radius 1 is 1.16 bits per heavy atom. The minimum Gasteiger partial charge on any atom is -0.383 e. The number of amides is 1. The molecule has 0 aromatic heterocycles. The summed E-state index contributed by atoms with van der Waals surface area (Å²) in [6.45, 7) is 1.99. The van der Waals surface area contributed by atoms with Crippen LogP contribution in [0.3, 0.4) is 0 Å². The number of ether oxygens (including phenoxy) is 2. The Balaban J connectivity index is 2.68. The van der Waals surface area contributed by atoms with Gasteiger partial charge < -0.3 is 20.1 Å². The second-order valence-electron chi connectivity index (χ2n) is 4.20. The van der Waals surface area contributed by atoms with Crippen LogP contribution in [-0.4, -0.2) is 51.3 Å². The van der Waals surface area contributed by atoms with E-state index in [1.807, 2.05) is 30.3 Å². The van der Waals surface area contributed by atoms with E-state index in [-0.39, 0.29) is 5.91 Å². The lowest BCUT2D eigenvalue weighted by molar-refractivity contribution is -0.134. The molecule has 0 unspecified atom stereocenters. The van der Waals surface area contributed by atoms with Gasteiger partial charge in [0.15, 0.2) is 0 Å². The highest BCUT2D eigenvalue weighted by Gasteiger charge is 2.21. The second kappa shape index (κ2) is 8.63. The van der Waals surface area contributed by atoms with Crippen LogP contribution >= 0.6 is 0 Å². The summed E-state index contributed by atoms with van der Waals surface area (Å²) in [6, 6.07) is 8.71. The second-order valence-corrected chi connectivity index (χ2v) is 4.20. The summed E-state index contributed by atoms with van der Waals surface area (Å²) in [7, 11) is 3.21. The van der Waals surface area contributed by atoms with Crippen molar-refractivity contribution in [1.82, 2.24) is 4.90 Å². The van der Waals surface area contributed by atoms with Gasteiger partial charge in [0.25, 0.3) is 0 Å². The van der Waals surface area contributed by atoms with Crippen LogP contribution in [0.25, 0.3) is 0 Å². The van der Waals surface area contributed by atoms with Crippen LogP contribution in [0.15, 0.2) is 30.3 Å². The maximum atomic E-state index is 12.3. The van der Waals surface area contributed by atoms with Crippen molar-refractivity contribution < 1.29 is 14.3 Å². The quantitative estimate of drug-likeness (QED) is 0.756. The molecule has 0 radical (unpaired) electrons. The molecule has 0 spiro atoms. The van der Waals surface area contributed by atoms with Gasteiger partial charge >= 0.3 is 0 Å². The monoisotopic (exact) mass is 266 g/mol. The van der Waals surface area contributed by atoms with Gasteiger partial charge in [-0.25, -0.2) is 0 Å². The molecule has 2 N–H and O–H groups in total. The van der Waals surface area contributed by atoms with Gasteiger partial charge in [-0.1, -0.05) is 30.3 Å². The van der Waals surface area contributed by atoms with E-state index < -0.39 is 6.04 Å². The Hall–Kier alpha value is -1.43. The lowest BCUT2D eigenvalue weighted by Gasteiger charge is -2.25. The first-order valence-corrected chi connectivity index (χ1v) is 6.28. The van der Waals surface area contributed by atoms with Gasteiger partial charge in [0, 0.05) is 27.3 Å². The number of carbonyl (C=O) groups excluding carboxylic acids is 1. The standard InChI is InChI=1S/C14H22N2O3/c1-18-10-8-16(9-11-19-2)14(17)13(15)12-6-4-3-5-7-12/h3-7,13H,8-11,15H2,1-2H3/t13-/m0/s1. The average molecular weight is 266 g/mol. The number of benzene rings is 1. The molecular weight excluding hydrogens is 244 g/mol. The Kier molecular flexibility index (Phi) is 7.10. The van der Waals surface area contributed by atoms with Crippen LogP contribution < -0.4 is 5.73 Å². The first-order chi connectivity index (χ1) is 9.20. The van der Waals surface area contributed by atoms with Gasteiger partial charge in [-0.3, -0.25) is 4.79 Å². The fourth-order valence-electron chi connectivity index (χ4n) is 1.73. The highest BCUT2D eigenvalue weighted by molar-refractivity contribution is 5.83. The average Bonchev–Trinajstić information content (AvgIpc) is 2.47. The lowest BCUT2D eigenvalue weighted by atomic mass is 10.1. The van der Waals surface area contributed by atoms with Crippen molar-refractivity contribution >= 4 is 5.91 Å². The summed E-state index contributed by atoms with van der Waals surface area (Å²) in [5, 5.41) is 0. The number of carbonyl (C=O) groups is 1. The molecule has 5 nitrogen and oxygen atoms in total. The molecule has 0 saturated carbocycles. The predicted molar refractivity (Wildman–Crippen MR) is 73.7 cm³/mol. The van der Waals surface area contributed by atoms with Crippen molar-refractivity contribution in [2.75, 3.05) is 40.5 Å². The Labute approximate surface area is 114 Å².